The average molecular weight is 332 g/mol. The number of hydrogen-bond donors (Lipinski definition) is 0. The molecule has 3 heterocycles. The van der Waals surface area contributed by atoms with Gasteiger partial charge in [-0.05, 0) is 32.9 Å². The molecule has 3 rings (SSSR count). The number of hydrogen-bond acceptors (Lipinski definition) is 7. The lowest BCUT2D eigenvalue weighted by Crippen LogP contribution is -2.49. The van der Waals surface area contributed by atoms with Gasteiger partial charge < -0.3 is 4.90 Å². The minimum atomic E-state index is -0.456. The first kappa shape index (κ1) is 16.8. The summed E-state index contributed by atoms with van der Waals surface area (Å²) < 4.78 is 6.30. The Balaban J connectivity index is 1.55. The van der Waals surface area contributed by atoms with Gasteiger partial charge in [-0.15, -0.1) is 0 Å². The second kappa shape index (κ2) is 7.67. The van der Waals surface area contributed by atoms with Crippen molar-refractivity contribution in [2.75, 3.05) is 32.7 Å². The molecule has 0 amide bonds. The monoisotopic (exact) mass is 332 g/mol. The van der Waals surface area contributed by atoms with Crippen molar-refractivity contribution in [3.8, 4) is 11.6 Å². The van der Waals surface area contributed by atoms with Gasteiger partial charge in [0, 0.05) is 51.2 Å². The van der Waals surface area contributed by atoms with Crippen LogP contribution in [0.2, 0.25) is 0 Å². The molecular weight excluding hydrogens is 308 g/mol. The molecule has 0 atom stereocenters. The molecule has 2 aromatic heterocycles. The summed E-state index contributed by atoms with van der Waals surface area (Å²) in [4.78, 5) is 25.1. The lowest BCUT2D eigenvalue weighted by Gasteiger charge is -2.36. The van der Waals surface area contributed by atoms with E-state index in [1.807, 2.05) is 0 Å². The molecule has 8 heteroatoms. The molecule has 0 N–H and O–H groups in total. The Bertz CT molecular complexity index is 688. The van der Waals surface area contributed by atoms with Crippen molar-refractivity contribution in [2.24, 2.45) is 0 Å². The Labute approximate surface area is 141 Å². The highest BCUT2D eigenvalue weighted by Crippen LogP contribution is 2.10. The number of aromatic nitrogens is 4. The van der Waals surface area contributed by atoms with Gasteiger partial charge >= 0.3 is 5.76 Å². The quantitative estimate of drug-likeness (QED) is 0.770. The molecule has 0 radical (unpaired) electrons. The number of rotatable bonds is 6. The van der Waals surface area contributed by atoms with Gasteiger partial charge in [0.1, 0.15) is 0 Å². The van der Waals surface area contributed by atoms with E-state index < -0.39 is 5.76 Å². The molecule has 1 aliphatic heterocycles. The maximum Gasteiger partial charge on any atom is 0.441 e. The first-order valence-corrected chi connectivity index (χ1v) is 8.45. The summed E-state index contributed by atoms with van der Waals surface area (Å²) in [7, 11) is 0. The zero-order valence-corrected chi connectivity index (χ0v) is 14.3. The largest absolute Gasteiger partial charge is 0.441 e. The molecule has 0 aromatic carbocycles. The molecule has 0 unspecified atom stereocenters. The fourth-order valence-electron chi connectivity index (χ4n) is 3.00. The van der Waals surface area contributed by atoms with E-state index in [1.54, 1.807) is 18.5 Å². The van der Waals surface area contributed by atoms with Crippen molar-refractivity contribution in [2.45, 2.75) is 32.9 Å². The van der Waals surface area contributed by atoms with Crippen molar-refractivity contribution < 1.29 is 4.52 Å². The van der Waals surface area contributed by atoms with Gasteiger partial charge in [-0.1, -0.05) is 5.16 Å². The second-order valence-corrected chi connectivity index (χ2v) is 6.32. The van der Waals surface area contributed by atoms with Crippen molar-refractivity contribution in [3.63, 3.8) is 0 Å². The van der Waals surface area contributed by atoms with Crippen LogP contribution in [-0.2, 0) is 6.54 Å². The maximum absolute atomic E-state index is 11.9. The summed E-state index contributed by atoms with van der Waals surface area (Å²) in [6, 6.07) is 2.33. The van der Waals surface area contributed by atoms with Crippen molar-refractivity contribution in [1.29, 1.82) is 0 Å². The molecular formula is C16H24N6O2. The molecule has 130 valence electrons. The van der Waals surface area contributed by atoms with Gasteiger partial charge in [-0.2, -0.15) is 0 Å². The smallest absolute Gasteiger partial charge is 0.301 e. The summed E-state index contributed by atoms with van der Waals surface area (Å²) in [5, 5.41) is 3.81. The normalized spacial score (nSPS) is 16.8. The van der Waals surface area contributed by atoms with E-state index in [-0.39, 0.29) is 0 Å². The molecule has 0 bridgehead atoms. The highest BCUT2D eigenvalue weighted by Gasteiger charge is 2.19. The number of nitrogens with zero attached hydrogens (tertiary/aromatic N) is 6. The van der Waals surface area contributed by atoms with Crippen LogP contribution >= 0.6 is 0 Å². The van der Waals surface area contributed by atoms with E-state index in [0.717, 1.165) is 39.1 Å². The van der Waals surface area contributed by atoms with Crippen molar-refractivity contribution in [1.82, 2.24) is 29.5 Å². The summed E-state index contributed by atoms with van der Waals surface area (Å²) in [5.41, 5.74) is 0. The Morgan fingerprint density at radius 2 is 1.83 bits per heavy atom. The molecule has 0 spiro atoms. The SMILES string of the molecule is CC(C)N1CCN(CCCn2c(-c3ncccn3)noc2=O)CC1. The van der Waals surface area contributed by atoms with Gasteiger partial charge in [0.05, 0.1) is 0 Å². The minimum Gasteiger partial charge on any atom is -0.301 e. The van der Waals surface area contributed by atoms with Crippen molar-refractivity contribution in [3.05, 3.63) is 29.0 Å². The Hall–Kier alpha value is -2.06. The zero-order valence-electron chi connectivity index (χ0n) is 14.3. The molecule has 8 nitrogen and oxygen atoms in total. The predicted molar refractivity (Wildman–Crippen MR) is 89.6 cm³/mol. The molecule has 24 heavy (non-hydrogen) atoms. The van der Waals surface area contributed by atoms with E-state index in [9.17, 15) is 4.79 Å². The first-order valence-electron chi connectivity index (χ1n) is 8.45. The highest BCUT2D eigenvalue weighted by molar-refractivity contribution is 5.41. The van der Waals surface area contributed by atoms with E-state index >= 15 is 0 Å². The fourth-order valence-corrected chi connectivity index (χ4v) is 3.00. The predicted octanol–water partition coefficient (Wildman–Crippen LogP) is 0.709. The van der Waals surface area contributed by atoms with Crippen LogP contribution in [-0.4, -0.2) is 68.3 Å². The summed E-state index contributed by atoms with van der Waals surface area (Å²) in [6.07, 6.45) is 4.11. The fraction of sp³-hybridized carbons (Fsp3) is 0.625. The van der Waals surface area contributed by atoms with Gasteiger partial charge in [0.15, 0.2) is 5.82 Å². The lowest BCUT2D eigenvalue weighted by molar-refractivity contribution is 0.107. The molecule has 1 saturated heterocycles. The van der Waals surface area contributed by atoms with E-state index in [0.29, 0.717) is 24.2 Å². The summed E-state index contributed by atoms with van der Waals surface area (Å²) in [6.45, 7) is 10.3. The standard InChI is InChI=1S/C16H24N6O2/c1-13(2)21-11-9-20(10-12-21)7-4-8-22-15(19-24-16(22)23)14-17-5-3-6-18-14/h3,5-6,13H,4,7-12H2,1-2H3. The lowest BCUT2D eigenvalue weighted by atomic mass is 10.2. The van der Waals surface area contributed by atoms with Gasteiger partial charge in [0.2, 0.25) is 5.82 Å². The first-order chi connectivity index (χ1) is 11.6. The van der Waals surface area contributed by atoms with Crippen LogP contribution in [0.15, 0.2) is 27.8 Å². The van der Waals surface area contributed by atoms with Crippen LogP contribution in [0.5, 0.6) is 0 Å². The van der Waals surface area contributed by atoms with Gasteiger partial charge in [-0.3, -0.25) is 14.0 Å². The van der Waals surface area contributed by atoms with E-state index in [1.165, 1.54) is 4.57 Å². The van der Waals surface area contributed by atoms with Crippen LogP contribution < -0.4 is 5.76 Å². The van der Waals surface area contributed by atoms with E-state index in [4.69, 9.17) is 4.52 Å². The summed E-state index contributed by atoms with van der Waals surface area (Å²) in [5.74, 6) is 0.348. The summed E-state index contributed by atoms with van der Waals surface area (Å²) >= 11 is 0. The number of piperazine rings is 1. The van der Waals surface area contributed by atoms with Crippen LogP contribution in [0.4, 0.5) is 0 Å². The third kappa shape index (κ3) is 3.88. The average Bonchev–Trinajstić information content (AvgIpc) is 2.97. The Morgan fingerprint density at radius 1 is 1.12 bits per heavy atom. The maximum atomic E-state index is 11.9. The van der Waals surface area contributed by atoms with E-state index in [2.05, 4.69) is 38.8 Å². The Morgan fingerprint density at radius 3 is 2.50 bits per heavy atom. The van der Waals surface area contributed by atoms with Crippen LogP contribution in [0.3, 0.4) is 0 Å². The van der Waals surface area contributed by atoms with Gasteiger partial charge in [-0.25, -0.2) is 14.8 Å². The molecule has 0 aliphatic carbocycles. The molecule has 0 saturated carbocycles. The van der Waals surface area contributed by atoms with Crippen LogP contribution in [0.25, 0.3) is 11.6 Å². The third-order valence-corrected chi connectivity index (χ3v) is 4.45. The van der Waals surface area contributed by atoms with Crippen LogP contribution in [0.1, 0.15) is 20.3 Å². The third-order valence-electron chi connectivity index (χ3n) is 4.45. The highest BCUT2D eigenvalue weighted by atomic mass is 16.5. The molecule has 2 aromatic rings. The zero-order chi connectivity index (χ0) is 16.9. The topological polar surface area (TPSA) is 80.3 Å². The van der Waals surface area contributed by atoms with Crippen LogP contribution in [0, 0.1) is 0 Å². The molecule has 1 aliphatic rings. The van der Waals surface area contributed by atoms with Gasteiger partial charge in [0.25, 0.3) is 0 Å². The van der Waals surface area contributed by atoms with Crippen molar-refractivity contribution >= 4 is 0 Å². The second-order valence-electron chi connectivity index (χ2n) is 6.32. The minimum absolute atomic E-state index is 0.394. The Kier molecular flexibility index (Phi) is 5.37. The molecule has 1 fully saturated rings.